The molecule has 2 nitrogen and oxygen atoms in total. The monoisotopic (exact) mass is 300 g/mol. The lowest BCUT2D eigenvalue weighted by atomic mass is 10.1. The summed E-state index contributed by atoms with van der Waals surface area (Å²) in [6.45, 7) is 2.07. The highest BCUT2D eigenvalue weighted by Gasteiger charge is 2.22. The molecule has 0 saturated carbocycles. The van der Waals surface area contributed by atoms with Gasteiger partial charge in [0.15, 0.2) is 17.6 Å². The summed E-state index contributed by atoms with van der Waals surface area (Å²) in [5.41, 5.74) is 7.23. The minimum absolute atomic E-state index is 0.272. The Hall–Kier alpha value is -2.87. The molecule has 4 rings (SSSR count). The SMILES string of the molecule is Cc1cc2c(c[n+]1/C=C(/O)c1ccccc1)Cc1ccccc1-2. The van der Waals surface area contributed by atoms with E-state index in [1.807, 2.05) is 34.9 Å². The summed E-state index contributed by atoms with van der Waals surface area (Å²) in [7, 11) is 0. The molecule has 2 aromatic carbocycles. The largest absolute Gasteiger partial charge is 0.502 e. The average Bonchev–Trinajstić information content (AvgIpc) is 2.93. The number of pyridine rings is 1. The van der Waals surface area contributed by atoms with E-state index in [0.717, 1.165) is 17.7 Å². The van der Waals surface area contributed by atoms with Crippen molar-refractivity contribution in [2.24, 2.45) is 0 Å². The van der Waals surface area contributed by atoms with Crippen LogP contribution in [0.3, 0.4) is 0 Å². The van der Waals surface area contributed by atoms with Gasteiger partial charge in [-0.3, -0.25) is 0 Å². The van der Waals surface area contributed by atoms with Crippen molar-refractivity contribution in [3.05, 3.63) is 89.2 Å². The molecule has 1 heterocycles. The molecule has 112 valence electrons. The maximum atomic E-state index is 10.4. The molecular weight excluding hydrogens is 282 g/mol. The average molecular weight is 300 g/mol. The van der Waals surface area contributed by atoms with Crippen LogP contribution >= 0.6 is 0 Å². The molecular formula is C21H18NO+. The van der Waals surface area contributed by atoms with Crippen LogP contribution in [0.2, 0.25) is 0 Å². The van der Waals surface area contributed by atoms with E-state index in [0.29, 0.717) is 0 Å². The van der Waals surface area contributed by atoms with Crippen molar-refractivity contribution in [2.45, 2.75) is 13.3 Å². The summed E-state index contributed by atoms with van der Waals surface area (Å²) in [4.78, 5) is 0. The first kappa shape index (κ1) is 13.8. The van der Waals surface area contributed by atoms with Gasteiger partial charge in [0.2, 0.25) is 6.20 Å². The molecule has 0 bridgehead atoms. The van der Waals surface area contributed by atoms with Gasteiger partial charge in [0.25, 0.3) is 0 Å². The Kier molecular flexibility index (Phi) is 3.23. The summed E-state index contributed by atoms with van der Waals surface area (Å²) < 4.78 is 2.01. The highest BCUT2D eigenvalue weighted by Crippen LogP contribution is 2.35. The van der Waals surface area contributed by atoms with Crippen molar-refractivity contribution in [3.63, 3.8) is 0 Å². The zero-order valence-electron chi connectivity index (χ0n) is 13.0. The minimum Gasteiger partial charge on any atom is -0.502 e. The summed E-state index contributed by atoms with van der Waals surface area (Å²) in [6, 6.07) is 20.4. The van der Waals surface area contributed by atoms with Crippen molar-refractivity contribution in [1.29, 1.82) is 0 Å². The third-order valence-corrected chi connectivity index (χ3v) is 4.42. The van der Waals surface area contributed by atoms with Gasteiger partial charge in [0, 0.05) is 30.5 Å². The number of hydrogen-bond donors (Lipinski definition) is 1. The molecule has 3 aromatic rings. The van der Waals surface area contributed by atoms with E-state index in [4.69, 9.17) is 0 Å². The smallest absolute Gasteiger partial charge is 0.217 e. The van der Waals surface area contributed by atoms with Gasteiger partial charge in [-0.1, -0.05) is 54.6 Å². The molecule has 0 fully saturated rings. The third kappa shape index (κ3) is 2.42. The van der Waals surface area contributed by atoms with Gasteiger partial charge < -0.3 is 5.11 Å². The molecule has 23 heavy (non-hydrogen) atoms. The number of aromatic nitrogens is 1. The zero-order chi connectivity index (χ0) is 15.8. The van der Waals surface area contributed by atoms with Gasteiger partial charge in [-0.2, -0.15) is 4.57 Å². The molecule has 1 aliphatic carbocycles. The van der Waals surface area contributed by atoms with Crippen LogP contribution in [0.4, 0.5) is 0 Å². The van der Waals surface area contributed by atoms with E-state index in [-0.39, 0.29) is 5.76 Å². The van der Waals surface area contributed by atoms with Crippen LogP contribution in [-0.2, 0) is 6.42 Å². The Bertz CT molecular complexity index is 910. The van der Waals surface area contributed by atoms with E-state index in [9.17, 15) is 5.11 Å². The fraction of sp³-hybridized carbons (Fsp3) is 0.0952. The van der Waals surface area contributed by atoms with Crippen molar-refractivity contribution in [2.75, 3.05) is 0 Å². The normalized spacial score (nSPS) is 12.8. The van der Waals surface area contributed by atoms with Crippen molar-refractivity contribution >= 4 is 12.0 Å². The molecule has 2 heteroatoms. The Balaban J connectivity index is 1.77. The molecule has 0 atom stereocenters. The molecule has 0 radical (unpaired) electrons. The molecule has 0 amide bonds. The highest BCUT2D eigenvalue weighted by atomic mass is 16.3. The zero-order valence-corrected chi connectivity index (χ0v) is 13.0. The van der Waals surface area contributed by atoms with Crippen LogP contribution in [0.15, 0.2) is 66.9 Å². The van der Waals surface area contributed by atoms with Gasteiger partial charge >= 0.3 is 0 Å². The van der Waals surface area contributed by atoms with E-state index < -0.39 is 0 Å². The Morgan fingerprint density at radius 2 is 1.70 bits per heavy atom. The first-order chi connectivity index (χ1) is 11.2. The van der Waals surface area contributed by atoms with E-state index in [2.05, 4.69) is 43.5 Å². The number of fused-ring (bicyclic) bond motifs is 3. The molecule has 0 aliphatic heterocycles. The van der Waals surface area contributed by atoms with Crippen molar-refractivity contribution in [1.82, 2.24) is 0 Å². The fourth-order valence-electron chi connectivity index (χ4n) is 3.20. The second-order valence-electron chi connectivity index (χ2n) is 5.98. The number of nitrogens with zero attached hydrogens (tertiary/aromatic N) is 1. The van der Waals surface area contributed by atoms with E-state index >= 15 is 0 Å². The summed E-state index contributed by atoms with van der Waals surface area (Å²) in [5, 5.41) is 10.4. The van der Waals surface area contributed by atoms with Gasteiger partial charge in [-0.15, -0.1) is 0 Å². The van der Waals surface area contributed by atoms with Crippen LogP contribution in [0, 0.1) is 6.92 Å². The van der Waals surface area contributed by atoms with Crippen LogP contribution in [-0.4, -0.2) is 5.11 Å². The number of rotatable bonds is 2. The minimum atomic E-state index is 0.272. The second kappa shape index (κ2) is 5.40. The number of aliphatic hydroxyl groups excluding tert-OH is 1. The van der Waals surface area contributed by atoms with Gasteiger partial charge in [0.05, 0.1) is 0 Å². The lowest BCUT2D eigenvalue weighted by molar-refractivity contribution is -0.575. The standard InChI is InChI=1S/C21H17NO/c1-15-11-20-18(12-17-9-5-6-10-19(17)20)13-22(15)14-21(23)16-7-3-2-4-8-16/h2-11,13-14H,12H2,1H3/p+1/b21-14+. The summed E-state index contributed by atoms with van der Waals surface area (Å²) in [6.07, 6.45) is 4.86. The number of aryl methyl sites for hydroxylation is 1. The van der Waals surface area contributed by atoms with E-state index in [1.54, 1.807) is 6.20 Å². The number of aliphatic hydroxyl groups is 1. The lowest BCUT2D eigenvalue weighted by Gasteiger charge is -2.03. The van der Waals surface area contributed by atoms with E-state index in [1.165, 1.54) is 22.3 Å². The van der Waals surface area contributed by atoms with Crippen LogP contribution < -0.4 is 4.57 Å². The van der Waals surface area contributed by atoms with Gasteiger partial charge in [0.1, 0.15) is 0 Å². The number of benzene rings is 2. The maximum Gasteiger partial charge on any atom is 0.217 e. The molecule has 0 saturated heterocycles. The molecule has 1 N–H and O–H groups in total. The fourth-order valence-corrected chi connectivity index (χ4v) is 3.20. The third-order valence-electron chi connectivity index (χ3n) is 4.42. The Morgan fingerprint density at radius 1 is 0.957 bits per heavy atom. The highest BCUT2D eigenvalue weighted by molar-refractivity contribution is 5.76. The number of hydrogen-bond acceptors (Lipinski definition) is 1. The van der Waals surface area contributed by atoms with Crippen molar-refractivity contribution < 1.29 is 9.67 Å². The van der Waals surface area contributed by atoms with Gasteiger partial charge in [-0.25, -0.2) is 0 Å². The topological polar surface area (TPSA) is 24.1 Å². The molecule has 0 spiro atoms. The molecule has 0 unspecified atom stereocenters. The van der Waals surface area contributed by atoms with Gasteiger partial charge in [-0.05, 0) is 16.7 Å². The lowest BCUT2D eigenvalue weighted by Crippen LogP contribution is -2.30. The molecule has 1 aliphatic rings. The first-order valence-electron chi connectivity index (χ1n) is 7.81. The Morgan fingerprint density at radius 3 is 2.52 bits per heavy atom. The van der Waals surface area contributed by atoms with Crippen LogP contribution in [0.25, 0.3) is 23.1 Å². The summed E-state index contributed by atoms with van der Waals surface area (Å²) >= 11 is 0. The van der Waals surface area contributed by atoms with Crippen LogP contribution in [0.5, 0.6) is 0 Å². The predicted octanol–water partition coefficient (Wildman–Crippen LogP) is 4.37. The Labute approximate surface area is 136 Å². The summed E-state index contributed by atoms with van der Waals surface area (Å²) in [5.74, 6) is 0.272. The first-order valence-corrected chi connectivity index (χ1v) is 7.81. The van der Waals surface area contributed by atoms with Crippen molar-refractivity contribution in [3.8, 4) is 11.1 Å². The second-order valence-corrected chi connectivity index (χ2v) is 5.98. The quantitative estimate of drug-likeness (QED) is 0.431. The molecule has 1 aromatic heterocycles. The predicted molar refractivity (Wildman–Crippen MR) is 92.9 cm³/mol. The maximum absolute atomic E-state index is 10.4. The van der Waals surface area contributed by atoms with Crippen LogP contribution in [0.1, 0.15) is 22.4 Å².